The molecule has 0 bridgehead atoms. The second-order valence-electron chi connectivity index (χ2n) is 5.41. The van der Waals surface area contributed by atoms with Crippen LogP contribution in [0.2, 0.25) is 0 Å². The van der Waals surface area contributed by atoms with Crippen LogP contribution >= 0.6 is 0 Å². The van der Waals surface area contributed by atoms with Gasteiger partial charge in [0.15, 0.2) is 0 Å². The highest BCUT2D eigenvalue weighted by atomic mass is 16.5. The van der Waals surface area contributed by atoms with Gasteiger partial charge < -0.3 is 14.8 Å². The Morgan fingerprint density at radius 2 is 2.20 bits per heavy atom. The number of nitrogens with one attached hydrogen (secondary N) is 1. The molecule has 1 saturated carbocycles. The van der Waals surface area contributed by atoms with Gasteiger partial charge in [0.05, 0.1) is 19.8 Å². The molecule has 0 radical (unpaired) electrons. The van der Waals surface area contributed by atoms with Gasteiger partial charge in [0.1, 0.15) is 6.33 Å². The predicted octanol–water partition coefficient (Wildman–Crippen LogP) is 2.17. The average Bonchev–Trinajstić information content (AvgIpc) is 2.49. The molecule has 2 unspecified atom stereocenters. The van der Waals surface area contributed by atoms with E-state index in [0.29, 0.717) is 24.4 Å². The molecule has 1 fully saturated rings. The highest BCUT2D eigenvalue weighted by Gasteiger charge is 2.21. The van der Waals surface area contributed by atoms with Crippen molar-refractivity contribution in [2.24, 2.45) is 5.92 Å². The van der Waals surface area contributed by atoms with Gasteiger partial charge in [-0.2, -0.15) is 0 Å². The van der Waals surface area contributed by atoms with Gasteiger partial charge in [-0.3, -0.25) is 0 Å². The number of rotatable bonds is 7. The second-order valence-corrected chi connectivity index (χ2v) is 5.41. The zero-order chi connectivity index (χ0) is 14.2. The smallest absolute Gasteiger partial charge is 0.220 e. The van der Waals surface area contributed by atoms with Crippen LogP contribution in [0.1, 0.15) is 38.2 Å². The van der Waals surface area contributed by atoms with Crippen LogP contribution in [-0.2, 0) is 11.3 Å². The molecule has 1 N–H and O–H groups in total. The maximum Gasteiger partial charge on any atom is 0.220 e. The zero-order valence-electron chi connectivity index (χ0n) is 12.5. The molecule has 2 atom stereocenters. The highest BCUT2D eigenvalue weighted by molar-refractivity contribution is 5.21. The van der Waals surface area contributed by atoms with Gasteiger partial charge >= 0.3 is 0 Å². The quantitative estimate of drug-likeness (QED) is 0.775. The van der Waals surface area contributed by atoms with Gasteiger partial charge in [0.2, 0.25) is 5.88 Å². The van der Waals surface area contributed by atoms with E-state index in [1.54, 1.807) is 13.3 Å². The highest BCUT2D eigenvalue weighted by Crippen LogP contribution is 2.25. The third-order valence-electron chi connectivity index (χ3n) is 3.90. The molecule has 20 heavy (non-hydrogen) atoms. The van der Waals surface area contributed by atoms with Gasteiger partial charge in [-0.1, -0.05) is 19.8 Å². The maximum atomic E-state index is 5.96. The molecule has 1 aromatic rings. The average molecular weight is 279 g/mol. The summed E-state index contributed by atoms with van der Waals surface area (Å²) in [5, 5.41) is 3.35. The van der Waals surface area contributed by atoms with Crippen LogP contribution in [0.5, 0.6) is 5.88 Å². The molecule has 1 aliphatic rings. The molecule has 0 amide bonds. The first-order chi connectivity index (χ1) is 9.81. The van der Waals surface area contributed by atoms with Crippen LogP contribution in [-0.4, -0.2) is 36.3 Å². The largest absolute Gasteiger partial charge is 0.481 e. The molecule has 2 rings (SSSR count). The van der Waals surface area contributed by atoms with Crippen LogP contribution in [0.4, 0.5) is 0 Å². The first kappa shape index (κ1) is 15.2. The lowest BCUT2D eigenvalue weighted by molar-refractivity contribution is -0.00323. The van der Waals surface area contributed by atoms with E-state index in [1.807, 2.05) is 0 Å². The number of methoxy groups -OCH3 is 1. The van der Waals surface area contributed by atoms with Gasteiger partial charge in [-0.05, 0) is 18.8 Å². The Labute approximate surface area is 121 Å². The molecular formula is C15H25N3O2. The summed E-state index contributed by atoms with van der Waals surface area (Å²) in [4.78, 5) is 8.09. The monoisotopic (exact) mass is 279 g/mol. The minimum absolute atomic E-state index is 0.445. The minimum atomic E-state index is 0.445. The number of hydrogen-bond acceptors (Lipinski definition) is 5. The topological polar surface area (TPSA) is 56.3 Å². The van der Waals surface area contributed by atoms with E-state index in [0.717, 1.165) is 18.7 Å². The van der Waals surface area contributed by atoms with E-state index >= 15 is 0 Å². The molecule has 0 spiro atoms. The first-order valence-corrected chi connectivity index (χ1v) is 7.46. The lowest BCUT2D eigenvalue weighted by Crippen LogP contribution is -2.29. The van der Waals surface area contributed by atoms with Crippen molar-refractivity contribution in [1.82, 2.24) is 15.3 Å². The molecule has 0 aliphatic heterocycles. The van der Waals surface area contributed by atoms with Crippen molar-refractivity contribution in [2.75, 3.05) is 20.3 Å². The minimum Gasteiger partial charge on any atom is -0.481 e. The van der Waals surface area contributed by atoms with Crippen LogP contribution in [0, 0.1) is 5.92 Å². The Morgan fingerprint density at radius 1 is 1.35 bits per heavy atom. The van der Waals surface area contributed by atoms with Crippen molar-refractivity contribution >= 4 is 0 Å². The van der Waals surface area contributed by atoms with Crippen LogP contribution < -0.4 is 10.1 Å². The molecule has 5 nitrogen and oxygen atoms in total. The molecule has 0 aromatic carbocycles. The number of hydrogen-bond donors (Lipinski definition) is 1. The van der Waals surface area contributed by atoms with Crippen molar-refractivity contribution in [3.63, 3.8) is 0 Å². The molecule has 1 aliphatic carbocycles. The second kappa shape index (κ2) is 8.17. The third-order valence-corrected chi connectivity index (χ3v) is 3.90. The molecule has 1 aromatic heterocycles. The van der Waals surface area contributed by atoms with E-state index in [2.05, 4.69) is 22.2 Å². The fourth-order valence-corrected chi connectivity index (χ4v) is 2.69. The molecule has 5 heteroatoms. The summed E-state index contributed by atoms with van der Waals surface area (Å²) in [5.74, 6) is 1.33. The molecular weight excluding hydrogens is 254 g/mol. The van der Waals surface area contributed by atoms with Gasteiger partial charge in [-0.25, -0.2) is 9.97 Å². The summed E-state index contributed by atoms with van der Waals surface area (Å²) in [6.07, 6.45) is 8.89. The Balaban J connectivity index is 1.64. The summed E-state index contributed by atoms with van der Waals surface area (Å²) in [6, 6.07) is 0. The van der Waals surface area contributed by atoms with E-state index in [1.165, 1.54) is 32.0 Å². The van der Waals surface area contributed by atoms with E-state index in [-0.39, 0.29) is 0 Å². The Morgan fingerprint density at radius 3 is 3.00 bits per heavy atom. The van der Waals surface area contributed by atoms with Gasteiger partial charge in [0.25, 0.3) is 0 Å². The SMILES string of the molecule is COc1ncncc1CNCCOC1CCCCC1C. The van der Waals surface area contributed by atoms with E-state index in [4.69, 9.17) is 9.47 Å². The number of nitrogens with zero attached hydrogens (tertiary/aromatic N) is 2. The van der Waals surface area contributed by atoms with E-state index < -0.39 is 0 Å². The first-order valence-electron chi connectivity index (χ1n) is 7.46. The van der Waals surface area contributed by atoms with Crippen LogP contribution in [0.25, 0.3) is 0 Å². The van der Waals surface area contributed by atoms with E-state index in [9.17, 15) is 0 Å². The fourth-order valence-electron chi connectivity index (χ4n) is 2.69. The summed E-state index contributed by atoms with van der Waals surface area (Å²) in [6.45, 7) is 4.59. The van der Waals surface area contributed by atoms with Crippen molar-refractivity contribution < 1.29 is 9.47 Å². The lowest BCUT2D eigenvalue weighted by atomic mass is 9.88. The van der Waals surface area contributed by atoms with Crippen molar-refractivity contribution in [3.05, 3.63) is 18.1 Å². The summed E-state index contributed by atoms with van der Waals surface area (Å²) < 4.78 is 11.2. The maximum absolute atomic E-state index is 5.96. The molecule has 0 saturated heterocycles. The van der Waals surface area contributed by atoms with Crippen molar-refractivity contribution in [3.8, 4) is 5.88 Å². The van der Waals surface area contributed by atoms with Crippen LogP contribution in [0.15, 0.2) is 12.5 Å². The summed E-state index contributed by atoms with van der Waals surface area (Å²) >= 11 is 0. The lowest BCUT2D eigenvalue weighted by Gasteiger charge is -2.28. The number of ether oxygens (including phenoxy) is 2. The van der Waals surface area contributed by atoms with Crippen LogP contribution in [0.3, 0.4) is 0 Å². The summed E-state index contributed by atoms with van der Waals surface area (Å²) in [7, 11) is 1.62. The standard InChI is InChI=1S/C15H25N3O2/c1-12-5-3-4-6-14(12)20-8-7-16-9-13-10-17-11-18-15(13)19-2/h10-12,14,16H,3-9H2,1-2H3. The van der Waals surface area contributed by atoms with Crippen molar-refractivity contribution in [1.29, 1.82) is 0 Å². The Hall–Kier alpha value is -1.20. The predicted molar refractivity (Wildman–Crippen MR) is 77.7 cm³/mol. The Bertz CT molecular complexity index is 400. The third kappa shape index (κ3) is 4.42. The zero-order valence-corrected chi connectivity index (χ0v) is 12.5. The van der Waals surface area contributed by atoms with Crippen molar-refractivity contribution in [2.45, 2.75) is 45.3 Å². The van der Waals surface area contributed by atoms with Gasteiger partial charge in [-0.15, -0.1) is 0 Å². The molecule has 112 valence electrons. The normalized spacial score (nSPS) is 22.7. The fraction of sp³-hybridized carbons (Fsp3) is 0.733. The molecule has 1 heterocycles. The Kier molecular flexibility index (Phi) is 6.21. The van der Waals surface area contributed by atoms with Gasteiger partial charge in [0, 0.05) is 24.8 Å². The number of aromatic nitrogens is 2. The summed E-state index contributed by atoms with van der Waals surface area (Å²) in [5.41, 5.74) is 0.973.